The monoisotopic (exact) mass is 316 g/mol. The van der Waals surface area contributed by atoms with E-state index in [2.05, 4.69) is 10.5 Å². The number of carboxylic acids is 1. The van der Waals surface area contributed by atoms with Crippen molar-refractivity contribution in [3.63, 3.8) is 0 Å². The second-order valence-corrected chi connectivity index (χ2v) is 5.20. The van der Waals surface area contributed by atoms with Crippen LogP contribution in [0.2, 0.25) is 0 Å². The smallest absolute Gasteiger partial charge is 0.335 e. The van der Waals surface area contributed by atoms with Gasteiger partial charge in [0.15, 0.2) is 0 Å². The third kappa shape index (κ3) is 4.18. The van der Waals surface area contributed by atoms with Crippen LogP contribution in [-0.2, 0) is 30.6 Å². The molecule has 0 aliphatic heterocycles. The van der Waals surface area contributed by atoms with Crippen LogP contribution in [0.5, 0.6) is 0 Å². The molecule has 6 heteroatoms. The Bertz CT molecular complexity index is 685. The van der Waals surface area contributed by atoms with E-state index in [-0.39, 0.29) is 17.9 Å². The maximum absolute atomic E-state index is 12.1. The normalized spacial score (nSPS) is 10.5. The molecule has 0 atom stereocenters. The quantitative estimate of drug-likeness (QED) is 0.818. The fraction of sp³-hybridized carbons (Fsp3) is 0.353. The molecule has 0 saturated carbocycles. The van der Waals surface area contributed by atoms with E-state index < -0.39 is 5.97 Å². The average Bonchev–Trinajstić information content (AvgIpc) is 2.95. The molecule has 1 amide bonds. The number of rotatable bonds is 7. The van der Waals surface area contributed by atoms with Crippen molar-refractivity contribution in [3.05, 3.63) is 52.4 Å². The van der Waals surface area contributed by atoms with Gasteiger partial charge >= 0.3 is 5.97 Å². The van der Waals surface area contributed by atoms with Crippen LogP contribution in [-0.4, -0.2) is 22.1 Å². The van der Waals surface area contributed by atoms with Crippen molar-refractivity contribution in [2.75, 3.05) is 0 Å². The van der Waals surface area contributed by atoms with Crippen LogP contribution in [0.4, 0.5) is 0 Å². The number of aromatic carboxylic acids is 1. The zero-order valence-corrected chi connectivity index (χ0v) is 13.3. The number of hydrogen-bond donors (Lipinski definition) is 2. The highest BCUT2D eigenvalue weighted by atomic mass is 16.5. The molecule has 0 unspecified atom stereocenters. The predicted molar refractivity (Wildman–Crippen MR) is 84.2 cm³/mol. The summed E-state index contributed by atoms with van der Waals surface area (Å²) in [5, 5.41) is 15.8. The highest BCUT2D eigenvalue weighted by Gasteiger charge is 2.14. The van der Waals surface area contributed by atoms with E-state index in [9.17, 15) is 9.59 Å². The van der Waals surface area contributed by atoms with Crippen LogP contribution in [0.15, 0.2) is 28.8 Å². The van der Waals surface area contributed by atoms with Crippen molar-refractivity contribution in [2.24, 2.45) is 0 Å². The van der Waals surface area contributed by atoms with Crippen LogP contribution in [0.25, 0.3) is 0 Å². The summed E-state index contributed by atoms with van der Waals surface area (Å²) in [5.74, 6) is -0.384. The van der Waals surface area contributed by atoms with Gasteiger partial charge in [0.05, 0.1) is 17.7 Å². The summed E-state index contributed by atoms with van der Waals surface area (Å²) in [7, 11) is 0. The van der Waals surface area contributed by atoms with E-state index in [1.807, 2.05) is 13.8 Å². The first-order valence-electron chi connectivity index (χ1n) is 7.60. The molecule has 2 aromatic rings. The Morgan fingerprint density at radius 3 is 2.70 bits per heavy atom. The van der Waals surface area contributed by atoms with Crippen molar-refractivity contribution in [3.8, 4) is 0 Å². The molecule has 122 valence electrons. The van der Waals surface area contributed by atoms with Crippen molar-refractivity contribution < 1.29 is 19.2 Å². The third-order valence-electron chi connectivity index (χ3n) is 3.61. The van der Waals surface area contributed by atoms with Gasteiger partial charge in [0, 0.05) is 18.5 Å². The lowest BCUT2D eigenvalue weighted by molar-refractivity contribution is -0.120. The number of amides is 1. The van der Waals surface area contributed by atoms with Gasteiger partial charge in [0.2, 0.25) is 5.91 Å². The summed E-state index contributed by atoms with van der Waals surface area (Å²) in [5.41, 5.74) is 2.63. The lowest BCUT2D eigenvalue weighted by atomic mass is 10.1. The molecule has 6 nitrogen and oxygen atoms in total. The first-order valence-corrected chi connectivity index (χ1v) is 7.60. The van der Waals surface area contributed by atoms with Gasteiger partial charge in [-0.15, -0.1) is 0 Å². The Morgan fingerprint density at radius 1 is 1.26 bits per heavy atom. The number of carboxylic acid groups (broad SMARTS) is 1. The molecule has 23 heavy (non-hydrogen) atoms. The summed E-state index contributed by atoms with van der Waals surface area (Å²) in [4.78, 5) is 23.0. The third-order valence-corrected chi connectivity index (χ3v) is 3.61. The minimum absolute atomic E-state index is 0.134. The van der Waals surface area contributed by atoms with Gasteiger partial charge in [-0.25, -0.2) is 4.79 Å². The molecule has 2 rings (SSSR count). The number of carbonyl (C=O) groups is 2. The minimum atomic E-state index is -1.00. The summed E-state index contributed by atoms with van der Waals surface area (Å²) < 4.78 is 5.26. The molecular formula is C17H20N2O4. The van der Waals surface area contributed by atoms with E-state index in [0.29, 0.717) is 12.1 Å². The van der Waals surface area contributed by atoms with Gasteiger partial charge in [-0.2, -0.15) is 0 Å². The number of aromatic nitrogens is 1. The fourth-order valence-electron chi connectivity index (χ4n) is 2.39. The SMILES string of the molecule is CCc1noc(CC)c1CNC(=O)Cc1cccc(C(=O)O)c1. The largest absolute Gasteiger partial charge is 0.478 e. The van der Waals surface area contributed by atoms with Gasteiger partial charge in [-0.05, 0) is 24.1 Å². The van der Waals surface area contributed by atoms with Crippen LogP contribution in [0.1, 0.15) is 46.8 Å². The fourth-order valence-corrected chi connectivity index (χ4v) is 2.39. The standard InChI is InChI=1S/C17H20N2O4/c1-3-14-13(15(4-2)23-19-14)10-18-16(20)9-11-6-5-7-12(8-11)17(21)22/h5-8H,3-4,9-10H2,1-2H3,(H,18,20)(H,21,22). The second kappa shape index (κ2) is 7.58. The van der Waals surface area contributed by atoms with Crippen LogP contribution in [0.3, 0.4) is 0 Å². The maximum atomic E-state index is 12.1. The lowest BCUT2D eigenvalue weighted by Crippen LogP contribution is -2.25. The molecule has 0 saturated heterocycles. The van der Waals surface area contributed by atoms with E-state index in [1.54, 1.807) is 12.1 Å². The second-order valence-electron chi connectivity index (χ2n) is 5.20. The minimum Gasteiger partial charge on any atom is -0.478 e. The summed E-state index contributed by atoms with van der Waals surface area (Å²) >= 11 is 0. The Kier molecular flexibility index (Phi) is 5.51. The zero-order valence-electron chi connectivity index (χ0n) is 13.3. The molecule has 0 radical (unpaired) electrons. The van der Waals surface area contributed by atoms with Gasteiger partial charge in [-0.1, -0.05) is 31.1 Å². The molecule has 0 aliphatic rings. The lowest BCUT2D eigenvalue weighted by Gasteiger charge is -2.07. The molecule has 1 aromatic carbocycles. The zero-order chi connectivity index (χ0) is 16.8. The van der Waals surface area contributed by atoms with Crippen molar-refractivity contribution in [1.82, 2.24) is 10.5 Å². The Labute approximate surface area is 134 Å². The molecule has 0 bridgehead atoms. The molecule has 0 fully saturated rings. The maximum Gasteiger partial charge on any atom is 0.335 e. The number of hydrogen-bond acceptors (Lipinski definition) is 4. The first kappa shape index (κ1) is 16.7. The number of nitrogens with one attached hydrogen (secondary N) is 1. The number of benzene rings is 1. The van der Waals surface area contributed by atoms with E-state index >= 15 is 0 Å². The van der Waals surface area contributed by atoms with Crippen molar-refractivity contribution in [2.45, 2.75) is 39.7 Å². The Hall–Kier alpha value is -2.63. The number of aryl methyl sites for hydroxylation is 2. The molecule has 0 aliphatic carbocycles. The average molecular weight is 316 g/mol. The van der Waals surface area contributed by atoms with E-state index in [0.717, 1.165) is 29.9 Å². The summed E-state index contributed by atoms with van der Waals surface area (Å²) in [6, 6.07) is 6.38. The first-order chi connectivity index (χ1) is 11.0. The highest BCUT2D eigenvalue weighted by molar-refractivity contribution is 5.88. The number of carbonyl (C=O) groups excluding carboxylic acids is 1. The topological polar surface area (TPSA) is 92.4 Å². The highest BCUT2D eigenvalue weighted by Crippen LogP contribution is 2.15. The van der Waals surface area contributed by atoms with Gasteiger partial charge < -0.3 is 14.9 Å². The van der Waals surface area contributed by atoms with Crippen LogP contribution in [0, 0.1) is 0 Å². The molecular weight excluding hydrogens is 296 g/mol. The van der Waals surface area contributed by atoms with E-state index in [1.165, 1.54) is 12.1 Å². The summed E-state index contributed by atoms with van der Waals surface area (Å²) in [6.07, 6.45) is 1.60. The van der Waals surface area contributed by atoms with Gasteiger partial charge in [-0.3, -0.25) is 4.79 Å². The van der Waals surface area contributed by atoms with Gasteiger partial charge in [0.1, 0.15) is 5.76 Å². The predicted octanol–water partition coefficient (Wildman–Crippen LogP) is 2.36. The van der Waals surface area contributed by atoms with Gasteiger partial charge in [0.25, 0.3) is 0 Å². The summed E-state index contributed by atoms with van der Waals surface area (Å²) in [6.45, 7) is 4.33. The molecule has 0 spiro atoms. The van der Waals surface area contributed by atoms with Crippen LogP contribution < -0.4 is 5.32 Å². The Morgan fingerprint density at radius 2 is 2.04 bits per heavy atom. The number of nitrogens with zero attached hydrogens (tertiary/aromatic N) is 1. The van der Waals surface area contributed by atoms with Crippen molar-refractivity contribution >= 4 is 11.9 Å². The van der Waals surface area contributed by atoms with Crippen LogP contribution >= 0.6 is 0 Å². The molecule has 1 aromatic heterocycles. The van der Waals surface area contributed by atoms with Crippen molar-refractivity contribution in [1.29, 1.82) is 0 Å². The Balaban J connectivity index is 1.99. The van der Waals surface area contributed by atoms with E-state index in [4.69, 9.17) is 9.63 Å². The molecule has 1 heterocycles. The molecule has 2 N–H and O–H groups in total.